The first-order valence-corrected chi connectivity index (χ1v) is 15.6. The minimum atomic E-state index is -1.25. The molecule has 1 aliphatic heterocycles. The molecule has 4 heterocycles. The van der Waals surface area contributed by atoms with Crippen LogP contribution in [-0.2, 0) is 4.74 Å². The van der Waals surface area contributed by atoms with E-state index in [9.17, 15) is 14.0 Å². The van der Waals surface area contributed by atoms with Crippen molar-refractivity contribution in [3.63, 3.8) is 0 Å². The average molecular weight is 634 g/mol. The number of aromatic nitrogens is 3. The first-order chi connectivity index (χ1) is 22.3. The number of hydrogen-bond acceptors (Lipinski definition) is 8. The van der Waals surface area contributed by atoms with Crippen LogP contribution in [0.25, 0.3) is 10.9 Å². The zero-order chi connectivity index (χ0) is 32.1. The molecular formula is C34H37F2N5O5. The van der Waals surface area contributed by atoms with Crippen molar-refractivity contribution in [2.75, 3.05) is 44.8 Å². The normalized spacial score (nSPS) is 20.6. The van der Waals surface area contributed by atoms with Crippen molar-refractivity contribution in [3.8, 4) is 17.4 Å². The minimum Gasteiger partial charge on any atom is -0.476 e. The maximum atomic E-state index is 15.2. The van der Waals surface area contributed by atoms with E-state index in [0.717, 1.165) is 38.9 Å². The number of nitrogens with zero attached hydrogens (tertiary/aromatic N) is 4. The molecule has 2 aliphatic rings. The standard InChI is InChI=1S/C34H37F2N5O5/c1-34(36)10-2-4-24(8-11-34)41-13-3-5-25(33(41)43)32(42)39-23-6-7-30(27(35)20-23)46-29-9-12-37-28-21-31(38-22-26(28)29)45-19-16-40-14-17-44-18-15-40/h3,5-7,9,12-13,20-22,24H,2,4,8,10-11,14-19H2,1H3,(H,39,42). The zero-order valence-electron chi connectivity index (χ0n) is 25.7. The van der Waals surface area contributed by atoms with Gasteiger partial charge in [0.05, 0.1) is 24.1 Å². The van der Waals surface area contributed by atoms with Gasteiger partial charge < -0.3 is 24.1 Å². The maximum Gasteiger partial charge on any atom is 0.263 e. The summed E-state index contributed by atoms with van der Waals surface area (Å²) >= 11 is 0. The van der Waals surface area contributed by atoms with Gasteiger partial charge >= 0.3 is 0 Å². The Bertz CT molecular complexity index is 1760. The molecule has 1 aromatic carbocycles. The molecule has 2 fully saturated rings. The maximum absolute atomic E-state index is 15.2. The van der Waals surface area contributed by atoms with E-state index in [1.165, 1.54) is 22.8 Å². The molecule has 10 nitrogen and oxygen atoms in total. The Labute approximate surface area is 265 Å². The molecule has 1 N–H and O–H groups in total. The second kappa shape index (κ2) is 13.9. The van der Waals surface area contributed by atoms with Crippen molar-refractivity contribution in [2.45, 2.75) is 50.7 Å². The smallest absolute Gasteiger partial charge is 0.263 e. The van der Waals surface area contributed by atoms with E-state index in [1.54, 1.807) is 43.7 Å². The Kier molecular flexibility index (Phi) is 9.55. The predicted molar refractivity (Wildman–Crippen MR) is 169 cm³/mol. The third kappa shape index (κ3) is 7.51. The number of carbonyl (C=O) groups is 1. The molecule has 2 atom stereocenters. The molecule has 46 heavy (non-hydrogen) atoms. The highest BCUT2D eigenvalue weighted by Crippen LogP contribution is 2.35. The molecule has 4 aromatic rings. The molecule has 242 valence electrons. The van der Waals surface area contributed by atoms with E-state index in [0.29, 0.717) is 61.2 Å². The van der Waals surface area contributed by atoms with E-state index in [-0.39, 0.29) is 23.0 Å². The van der Waals surface area contributed by atoms with E-state index >= 15 is 4.39 Å². The molecule has 2 unspecified atom stereocenters. The Morgan fingerprint density at radius 2 is 1.96 bits per heavy atom. The number of ether oxygens (including phenoxy) is 3. The summed E-state index contributed by atoms with van der Waals surface area (Å²) in [5.41, 5.74) is -1.05. The third-order valence-electron chi connectivity index (χ3n) is 8.58. The van der Waals surface area contributed by atoms with E-state index in [1.807, 2.05) is 0 Å². The number of alkyl halides is 1. The van der Waals surface area contributed by atoms with Gasteiger partial charge in [-0.25, -0.2) is 13.8 Å². The van der Waals surface area contributed by atoms with Crippen LogP contribution < -0.4 is 20.3 Å². The van der Waals surface area contributed by atoms with Crippen LogP contribution >= 0.6 is 0 Å². The molecule has 0 spiro atoms. The Morgan fingerprint density at radius 1 is 1.11 bits per heavy atom. The molecule has 1 aliphatic carbocycles. The van der Waals surface area contributed by atoms with Gasteiger partial charge in [0.15, 0.2) is 11.6 Å². The number of fused-ring (bicyclic) bond motifs is 1. The first kappa shape index (κ1) is 31.6. The lowest BCUT2D eigenvalue weighted by atomic mass is 9.99. The second-order valence-corrected chi connectivity index (χ2v) is 12.0. The lowest BCUT2D eigenvalue weighted by Gasteiger charge is -2.26. The van der Waals surface area contributed by atoms with Crippen LogP contribution in [0, 0.1) is 5.82 Å². The zero-order valence-corrected chi connectivity index (χ0v) is 25.7. The van der Waals surface area contributed by atoms with Crippen molar-refractivity contribution in [1.82, 2.24) is 19.4 Å². The molecular weight excluding hydrogens is 596 g/mol. The van der Waals surface area contributed by atoms with Gasteiger partial charge in [0.2, 0.25) is 5.88 Å². The second-order valence-electron chi connectivity index (χ2n) is 12.0. The first-order valence-electron chi connectivity index (χ1n) is 15.6. The van der Waals surface area contributed by atoms with Gasteiger partial charge in [-0.2, -0.15) is 0 Å². The largest absolute Gasteiger partial charge is 0.476 e. The molecule has 0 radical (unpaired) electrons. The summed E-state index contributed by atoms with van der Waals surface area (Å²) in [6, 6.07) is 10.2. The summed E-state index contributed by atoms with van der Waals surface area (Å²) in [7, 11) is 0. The van der Waals surface area contributed by atoms with Crippen LogP contribution in [-0.4, -0.2) is 70.5 Å². The number of morpholine rings is 1. The van der Waals surface area contributed by atoms with Gasteiger partial charge in [-0.15, -0.1) is 0 Å². The lowest BCUT2D eigenvalue weighted by Crippen LogP contribution is -2.38. The summed E-state index contributed by atoms with van der Waals surface area (Å²) in [4.78, 5) is 37.3. The topological polar surface area (TPSA) is 108 Å². The van der Waals surface area contributed by atoms with Gasteiger partial charge in [0.25, 0.3) is 11.5 Å². The number of carbonyl (C=O) groups excluding carboxylic acids is 1. The molecule has 0 bridgehead atoms. The molecule has 1 saturated heterocycles. The molecule has 3 aromatic heterocycles. The SMILES string of the molecule is CC1(F)CCCC(n2cccc(C(=O)Nc3ccc(Oc4ccnc5cc(OCCN6CCOCC6)ncc45)c(F)c3)c2=O)CC1. The fourth-order valence-electron chi connectivity index (χ4n) is 5.94. The number of rotatable bonds is 9. The fraction of sp³-hybridized carbons (Fsp3) is 0.412. The van der Waals surface area contributed by atoms with Gasteiger partial charge in [-0.3, -0.25) is 19.5 Å². The number of amides is 1. The number of halogens is 2. The number of anilines is 1. The number of hydrogen-bond donors (Lipinski definition) is 1. The van der Waals surface area contributed by atoms with Gasteiger partial charge in [0, 0.05) is 62.1 Å². The summed E-state index contributed by atoms with van der Waals surface area (Å²) in [5.74, 6) is -0.655. The van der Waals surface area contributed by atoms with Crippen LogP contribution in [0.5, 0.6) is 17.4 Å². The monoisotopic (exact) mass is 633 g/mol. The van der Waals surface area contributed by atoms with Crippen LogP contribution in [0.1, 0.15) is 55.4 Å². The quantitative estimate of drug-likeness (QED) is 0.227. The van der Waals surface area contributed by atoms with Crippen LogP contribution in [0.15, 0.2) is 65.8 Å². The molecule has 6 rings (SSSR count). The highest BCUT2D eigenvalue weighted by molar-refractivity contribution is 6.04. The summed E-state index contributed by atoms with van der Waals surface area (Å²) in [6.45, 7) is 6.02. The van der Waals surface area contributed by atoms with Crippen LogP contribution in [0.4, 0.5) is 14.5 Å². The van der Waals surface area contributed by atoms with Gasteiger partial charge in [-0.05, 0) is 69.4 Å². The Hall–Kier alpha value is -4.42. The Morgan fingerprint density at radius 3 is 2.78 bits per heavy atom. The minimum absolute atomic E-state index is 0.0633. The van der Waals surface area contributed by atoms with E-state index < -0.39 is 23.0 Å². The average Bonchev–Trinajstić information content (AvgIpc) is 3.23. The Balaban J connectivity index is 1.11. The van der Waals surface area contributed by atoms with E-state index in [2.05, 4.69) is 20.2 Å². The molecule has 12 heteroatoms. The van der Waals surface area contributed by atoms with Crippen molar-refractivity contribution < 1.29 is 27.8 Å². The van der Waals surface area contributed by atoms with Crippen LogP contribution in [0.2, 0.25) is 0 Å². The van der Waals surface area contributed by atoms with Crippen molar-refractivity contribution in [3.05, 3.63) is 82.8 Å². The van der Waals surface area contributed by atoms with Crippen LogP contribution in [0.3, 0.4) is 0 Å². The summed E-state index contributed by atoms with van der Waals surface area (Å²) in [5, 5.41) is 3.18. The number of pyridine rings is 3. The summed E-state index contributed by atoms with van der Waals surface area (Å²) in [6.07, 6.45) is 7.39. The van der Waals surface area contributed by atoms with Gasteiger partial charge in [-0.1, -0.05) is 0 Å². The van der Waals surface area contributed by atoms with E-state index in [4.69, 9.17) is 14.2 Å². The number of nitrogens with one attached hydrogen (secondary N) is 1. The van der Waals surface area contributed by atoms with Gasteiger partial charge in [0.1, 0.15) is 23.6 Å². The highest BCUT2D eigenvalue weighted by atomic mass is 19.1. The third-order valence-corrected chi connectivity index (χ3v) is 8.58. The number of benzene rings is 1. The van der Waals surface area contributed by atoms with Crippen molar-refractivity contribution in [2.24, 2.45) is 0 Å². The van der Waals surface area contributed by atoms with Crippen molar-refractivity contribution in [1.29, 1.82) is 0 Å². The molecule has 1 amide bonds. The fourth-order valence-corrected chi connectivity index (χ4v) is 5.94. The predicted octanol–water partition coefficient (Wildman–Crippen LogP) is 5.92. The lowest BCUT2D eigenvalue weighted by molar-refractivity contribution is 0.0320. The highest BCUT2D eigenvalue weighted by Gasteiger charge is 2.29. The summed E-state index contributed by atoms with van der Waals surface area (Å²) < 4.78 is 48.3. The van der Waals surface area contributed by atoms with Crippen molar-refractivity contribution >= 4 is 22.5 Å². The molecule has 1 saturated carbocycles.